The number of rotatable bonds is 6. The van der Waals surface area contributed by atoms with Crippen molar-refractivity contribution in [2.45, 2.75) is 44.2 Å². The highest BCUT2D eigenvalue weighted by Crippen LogP contribution is 2.44. The topological polar surface area (TPSA) is 23.8 Å². The molecule has 0 aliphatic carbocycles. The molecule has 0 fully saturated rings. The van der Waals surface area contributed by atoms with Gasteiger partial charge in [-0.05, 0) is 31.5 Å². The molecule has 0 aliphatic rings. The smallest absolute Gasteiger partial charge is 0.234 e. The van der Waals surface area contributed by atoms with Crippen molar-refractivity contribution in [1.82, 2.24) is 0 Å². The van der Waals surface area contributed by atoms with Crippen LogP contribution in [0.5, 0.6) is 0 Å². The van der Waals surface area contributed by atoms with E-state index in [0.717, 1.165) is 0 Å². The van der Waals surface area contributed by atoms with E-state index in [1.165, 1.54) is 0 Å². The second-order valence-corrected chi connectivity index (χ2v) is 5.10. The summed E-state index contributed by atoms with van der Waals surface area (Å²) in [6.07, 6.45) is -12.6. The van der Waals surface area contributed by atoms with E-state index in [0.29, 0.717) is 11.8 Å². The zero-order valence-electron chi connectivity index (χ0n) is 9.91. The fourth-order valence-corrected chi connectivity index (χ4v) is 1.81. The predicted molar refractivity (Wildman–Crippen MR) is 57.0 cm³/mol. The summed E-state index contributed by atoms with van der Waals surface area (Å²) in [4.78, 5) is 0. The SMILES string of the molecule is CC(F)(CC(CCCSC#N)C(F)(F)F)C(F)(F)F. The van der Waals surface area contributed by atoms with Gasteiger partial charge < -0.3 is 0 Å². The summed E-state index contributed by atoms with van der Waals surface area (Å²) >= 11 is 0.706. The van der Waals surface area contributed by atoms with E-state index >= 15 is 0 Å². The number of hydrogen-bond donors (Lipinski definition) is 0. The molecule has 0 N–H and O–H groups in total. The molecule has 0 rings (SSSR count). The molecule has 112 valence electrons. The van der Waals surface area contributed by atoms with E-state index in [4.69, 9.17) is 5.26 Å². The Morgan fingerprint density at radius 2 is 1.63 bits per heavy atom. The van der Waals surface area contributed by atoms with Gasteiger partial charge in [0.05, 0.1) is 5.92 Å². The van der Waals surface area contributed by atoms with E-state index in [1.807, 2.05) is 0 Å². The Hall–Kier alpha value is -0.650. The third-order valence-electron chi connectivity index (χ3n) is 2.55. The highest BCUT2D eigenvalue weighted by atomic mass is 32.2. The van der Waals surface area contributed by atoms with Gasteiger partial charge in [-0.1, -0.05) is 0 Å². The Morgan fingerprint density at radius 3 is 2.00 bits per heavy atom. The molecule has 9 heteroatoms. The molecule has 0 amide bonds. The van der Waals surface area contributed by atoms with Crippen molar-refractivity contribution in [3.8, 4) is 5.40 Å². The molecule has 0 aromatic heterocycles. The van der Waals surface area contributed by atoms with Crippen LogP contribution in [0.25, 0.3) is 0 Å². The number of alkyl halides is 7. The highest BCUT2D eigenvalue weighted by Gasteiger charge is 2.56. The average molecular weight is 311 g/mol. The van der Waals surface area contributed by atoms with Crippen LogP contribution in [0.4, 0.5) is 30.7 Å². The minimum absolute atomic E-state index is 0.0676. The number of thioether (sulfide) groups is 1. The molecular formula is C10H12F7NS. The van der Waals surface area contributed by atoms with Crippen molar-refractivity contribution >= 4 is 11.8 Å². The first-order valence-electron chi connectivity index (χ1n) is 5.25. The molecule has 0 bridgehead atoms. The van der Waals surface area contributed by atoms with Crippen LogP contribution >= 0.6 is 11.8 Å². The molecule has 0 spiro atoms. The normalized spacial score (nSPS) is 17.6. The first-order valence-corrected chi connectivity index (χ1v) is 6.23. The zero-order chi connectivity index (χ0) is 15.3. The lowest BCUT2D eigenvalue weighted by molar-refractivity contribution is -0.248. The van der Waals surface area contributed by atoms with Gasteiger partial charge in [0, 0.05) is 12.2 Å². The van der Waals surface area contributed by atoms with Gasteiger partial charge in [0.2, 0.25) is 5.67 Å². The third-order valence-corrected chi connectivity index (χ3v) is 3.17. The monoisotopic (exact) mass is 311 g/mol. The summed E-state index contributed by atoms with van der Waals surface area (Å²) < 4.78 is 87.6. The lowest BCUT2D eigenvalue weighted by Crippen LogP contribution is -2.42. The number of nitrogens with zero attached hydrogens (tertiary/aromatic N) is 1. The Bertz CT molecular complexity index is 315. The van der Waals surface area contributed by atoms with E-state index in [9.17, 15) is 30.7 Å². The van der Waals surface area contributed by atoms with Crippen LogP contribution < -0.4 is 0 Å². The fourth-order valence-electron chi connectivity index (χ4n) is 1.41. The quantitative estimate of drug-likeness (QED) is 0.398. The van der Waals surface area contributed by atoms with Gasteiger partial charge >= 0.3 is 12.4 Å². The Balaban J connectivity index is 4.67. The van der Waals surface area contributed by atoms with E-state index in [1.54, 1.807) is 5.40 Å². The van der Waals surface area contributed by atoms with E-state index < -0.39 is 36.8 Å². The zero-order valence-corrected chi connectivity index (χ0v) is 10.7. The maximum atomic E-state index is 13.3. The van der Waals surface area contributed by atoms with Gasteiger partial charge in [0.25, 0.3) is 0 Å². The van der Waals surface area contributed by atoms with Crippen molar-refractivity contribution in [2.24, 2.45) is 5.92 Å². The molecule has 0 heterocycles. The number of hydrogen-bond acceptors (Lipinski definition) is 2. The Labute approximate surface area is 110 Å². The number of thiocyanates is 1. The van der Waals surface area contributed by atoms with Crippen molar-refractivity contribution < 1.29 is 30.7 Å². The highest BCUT2D eigenvalue weighted by molar-refractivity contribution is 8.03. The van der Waals surface area contributed by atoms with Crippen molar-refractivity contribution in [3.63, 3.8) is 0 Å². The molecule has 2 unspecified atom stereocenters. The van der Waals surface area contributed by atoms with Gasteiger partial charge in [-0.2, -0.15) is 31.6 Å². The lowest BCUT2D eigenvalue weighted by Gasteiger charge is -2.29. The van der Waals surface area contributed by atoms with Crippen LogP contribution in [0.1, 0.15) is 26.2 Å². The summed E-state index contributed by atoms with van der Waals surface area (Å²) in [5.74, 6) is -2.30. The van der Waals surface area contributed by atoms with Gasteiger partial charge in [-0.3, -0.25) is 0 Å². The van der Waals surface area contributed by atoms with Crippen LogP contribution in [0, 0.1) is 16.6 Å². The van der Waals surface area contributed by atoms with E-state index in [2.05, 4.69) is 0 Å². The molecule has 0 saturated heterocycles. The van der Waals surface area contributed by atoms with E-state index in [-0.39, 0.29) is 19.1 Å². The molecule has 0 aliphatic heterocycles. The lowest BCUT2D eigenvalue weighted by atomic mass is 9.89. The molecular weight excluding hydrogens is 299 g/mol. The third kappa shape index (κ3) is 6.36. The molecule has 0 saturated carbocycles. The predicted octanol–water partition coefficient (Wildman–Crippen LogP) is 4.84. The maximum Gasteiger partial charge on any atom is 0.422 e. The second-order valence-electron chi connectivity index (χ2n) is 4.22. The fraction of sp³-hybridized carbons (Fsp3) is 0.900. The van der Waals surface area contributed by atoms with Crippen LogP contribution in [0.2, 0.25) is 0 Å². The largest absolute Gasteiger partial charge is 0.422 e. The summed E-state index contributed by atoms with van der Waals surface area (Å²) in [6, 6.07) is 0. The van der Waals surface area contributed by atoms with Gasteiger partial charge in [0.1, 0.15) is 5.40 Å². The number of nitriles is 1. The van der Waals surface area contributed by atoms with Crippen LogP contribution in [-0.4, -0.2) is 23.8 Å². The summed E-state index contributed by atoms with van der Waals surface area (Å²) in [6.45, 7) is 0.107. The van der Waals surface area contributed by atoms with Gasteiger partial charge in [0.15, 0.2) is 0 Å². The Kier molecular flexibility index (Phi) is 6.45. The van der Waals surface area contributed by atoms with Crippen molar-refractivity contribution in [1.29, 1.82) is 5.26 Å². The molecule has 2 atom stereocenters. The van der Waals surface area contributed by atoms with Crippen LogP contribution in [0.3, 0.4) is 0 Å². The molecule has 1 nitrogen and oxygen atoms in total. The number of halogens is 7. The maximum absolute atomic E-state index is 13.3. The summed E-state index contributed by atoms with van der Waals surface area (Å²) in [5, 5.41) is 9.80. The minimum Gasteiger partial charge on any atom is -0.234 e. The molecule has 0 aromatic carbocycles. The van der Waals surface area contributed by atoms with Crippen LogP contribution in [-0.2, 0) is 0 Å². The Morgan fingerprint density at radius 1 is 1.11 bits per heavy atom. The first kappa shape index (κ1) is 18.4. The second kappa shape index (κ2) is 6.68. The summed E-state index contributed by atoms with van der Waals surface area (Å²) in [7, 11) is 0. The molecule has 19 heavy (non-hydrogen) atoms. The minimum atomic E-state index is -5.34. The van der Waals surface area contributed by atoms with Crippen molar-refractivity contribution in [3.05, 3.63) is 0 Å². The van der Waals surface area contributed by atoms with Gasteiger partial charge in [-0.25, -0.2) is 4.39 Å². The first-order chi connectivity index (χ1) is 8.42. The molecule has 0 aromatic rings. The van der Waals surface area contributed by atoms with Gasteiger partial charge in [-0.15, -0.1) is 0 Å². The summed E-state index contributed by atoms with van der Waals surface area (Å²) in [5.41, 5.74) is -3.88. The molecule has 0 radical (unpaired) electrons. The average Bonchev–Trinajstić information content (AvgIpc) is 2.19. The standard InChI is InChI=1S/C10H12F7NS/c1-8(11,10(15,16)17)5-7(9(12,13)14)3-2-4-19-6-18/h7H,2-5H2,1H3. The van der Waals surface area contributed by atoms with Crippen molar-refractivity contribution in [2.75, 3.05) is 5.75 Å². The van der Waals surface area contributed by atoms with Crippen LogP contribution in [0.15, 0.2) is 0 Å².